The molecule has 2 aromatic rings. The third-order valence-corrected chi connectivity index (χ3v) is 4.12. The highest BCUT2D eigenvalue weighted by Gasteiger charge is 2.25. The highest BCUT2D eigenvalue weighted by Crippen LogP contribution is 2.37. The minimum Gasteiger partial charge on any atom is -0.497 e. The fourth-order valence-electron chi connectivity index (χ4n) is 2.81. The first-order chi connectivity index (χ1) is 12.7. The van der Waals surface area contributed by atoms with Crippen molar-refractivity contribution in [2.24, 2.45) is 0 Å². The van der Waals surface area contributed by atoms with E-state index in [0.717, 1.165) is 5.56 Å². The van der Waals surface area contributed by atoms with Gasteiger partial charge in [-0.15, -0.1) is 0 Å². The lowest BCUT2D eigenvalue weighted by Crippen LogP contribution is -1.98. The van der Waals surface area contributed by atoms with Crippen LogP contribution in [-0.2, 0) is 9.53 Å². The molecule has 0 fully saturated rings. The molecule has 0 aliphatic carbocycles. The molecule has 6 nitrogen and oxygen atoms in total. The third kappa shape index (κ3) is 2.86. The highest BCUT2D eigenvalue weighted by atomic mass is 16.7. The van der Waals surface area contributed by atoms with Crippen molar-refractivity contribution >= 4 is 17.8 Å². The number of benzene rings is 2. The quantitative estimate of drug-likeness (QED) is 0.621. The van der Waals surface area contributed by atoms with E-state index in [1.165, 1.54) is 0 Å². The number of hydrogen-bond donors (Lipinski definition) is 0. The van der Waals surface area contributed by atoms with Gasteiger partial charge in [0.25, 0.3) is 0 Å². The Morgan fingerprint density at radius 3 is 2.65 bits per heavy atom. The fourth-order valence-corrected chi connectivity index (χ4v) is 2.81. The van der Waals surface area contributed by atoms with E-state index in [1.54, 1.807) is 44.6 Å². The molecule has 0 saturated heterocycles. The molecule has 0 radical (unpaired) electrons. The Hall–Kier alpha value is -3.41. The molecule has 2 heterocycles. The van der Waals surface area contributed by atoms with Crippen LogP contribution in [0.3, 0.4) is 0 Å². The molecule has 2 aromatic carbocycles. The number of ether oxygens (including phenoxy) is 5. The Morgan fingerprint density at radius 2 is 1.85 bits per heavy atom. The molecule has 0 aromatic heterocycles. The lowest BCUT2D eigenvalue weighted by Gasteiger charge is -2.10. The van der Waals surface area contributed by atoms with Gasteiger partial charge in [-0.3, -0.25) is 0 Å². The van der Waals surface area contributed by atoms with Crippen molar-refractivity contribution in [3.8, 4) is 23.0 Å². The number of fused-ring (bicyclic) bond motifs is 1. The monoisotopic (exact) mass is 352 g/mol. The van der Waals surface area contributed by atoms with Crippen LogP contribution in [0, 0.1) is 0 Å². The summed E-state index contributed by atoms with van der Waals surface area (Å²) in [6.07, 6.45) is 3.42. The van der Waals surface area contributed by atoms with Crippen molar-refractivity contribution in [3.63, 3.8) is 0 Å². The zero-order chi connectivity index (χ0) is 18.1. The van der Waals surface area contributed by atoms with Gasteiger partial charge in [0.1, 0.15) is 17.3 Å². The maximum atomic E-state index is 12.3. The van der Waals surface area contributed by atoms with E-state index in [9.17, 15) is 4.79 Å². The van der Waals surface area contributed by atoms with Crippen LogP contribution in [0.25, 0.3) is 11.8 Å². The van der Waals surface area contributed by atoms with Crippen LogP contribution >= 0.6 is 0 Å². The minimum absolute atomic E-state index is 0.205. The summed E-state index contributed by atoms with van der Waals surface area (Å²) in [5, 5.41) is 0. The number of methoxy groups -OCH3 is 2. The zero-order valence-corrected chi connectivity index (χ0v) is 14.3. The predicted molar refractivity (Wildman–Crippen MR) is 94.2 cm³/mol. The van der Waals surface area contributed by atoms with Crippen molar-refractivity contribution in [2.75, 3.05) is 21.0 Å². The van der Waals surface area contributed by atoms with Crippen LogP contribution in [-0.4, -0.2) is 27.0 Å². The summed E-state index contributed by atoms with van der Waals surface area (Å²) in [4.78, 5) is 12.3. The number of esters is 1. The van der Waals surface area contributed by atoms with Gasteiger partial charge in [-0.1, -0.05) is 6.07 Å². The molecule has 0 spiro atoms. The smallest absolute Gasteiger partial charge is 0.343 e. The highest BCUT2D eigenvalue weighted by molar-refractivity contribution is 6.05. The number of rotatable bonds is 4. The summed E-state index contributed by atoms with van der Waals surface area (Å²) >= 11 is 0. The summed E-state index contributed by atoms with van der Waals surface area (Å²) in [5.41, 5.74) is 1.90. The van der Waals surface area contributed by atoms with Crippen LogP contribution in [0.2, 0.25) is 0 Å². The van der Waals surface area contributed by atoms with E-state index in [0.29, 0.717) is 39.9 Å². The van der Waals surface area contributed by atoms with Gasteiger partial charge >= 0.3 is 5.97 Å². The van der Waals surface area contributed by atoms with E-state index < -0.39 is 5.97 Å². The molecule has 2 aliphatic rings. The average Bonchev–Trinajstić information content (AvgIpc) is 3.27. The summed E-state index contributed by atoms with van der Waals surface area (Å²) in [7, 11) is 3.14. The molecule has 4 rings (SSSR count). The summed E-state index contributed by atoms with van der Waals surface area (Å²) in [5.74, 6) is 2.57. The zero-order valence-electron chi connectivity index (χ0n) is 14.3. The lowest BCUT2D eigenvalue weighted by molar-refractivity contribution is -0.130. The summed E-state index contributed by atoms with van der Waals surface area (Å²) < 4.78 is 26.7. The Labute approximate surface area is 150 Å². The molecule has 0 saturated carbocycles. The third-order valence-electron chi connectivity index (χ3n) is 4.12. The Balaban J connectivity index is 1.70. The van der Waals surface area contributed by atoms with Crippen LogP contribution < -0.4 is 18.9 Å². The van der Waals surface area contributed by atoms with Gasteiger partial charge in [0, 0.05) is 0 Å². The summed E-state index contributed by atoms with van der Waals surface area (Å²) in [6.45, 7) is 0.205. The molecule has 0 N–H and O–H groups in total. The molecule has 0 bridgehead atoms. The Kier molecular flexibility index (Phi) is 4.01. The van der Waals surface area contributed by atoms with Gasteiger partial charge in [-0.25, -0.2) is 4.79 Å². The van der Waals surface area contributed by atoms with Gasteiger partial charge in [-0.2, -0.15) is 0 Å². The molecule has 0 unspecified atom stereocenters. The first-order valence-corrected chi connectivity index (χ1v) is 7.95. The second-order valence-electron chi connectivity index (χ2n) is 5.68. The average molecular weight is 352 g/mol. The van der Waals surface area contributed by atoms with E-state index in [2.05, 4.69) is 0 Å². The largest absolute Gasteiger partial charge is 0.497 e. The lowest BCUT2D eigenvalue weighted by atomic mass is 10.1. The molecule has 132 valence electrons. The van der Waals surface area contributed by atoms with Crippen LogP contribution in [0.1, 0.15) is 11.1 Å². The van der Waals surface area contributed by atoms with Gasteiger partial charge in [0.2, 0.25) is 6.79 Å². The molecule has 26 heavy (non-hydrogen) atoms. The van der Waals surface area contributed by atoms with Crippen molar-refractivity contribution in [1.82, 2.24) is 0 Å². The number of hydrogen-bond acceptors (Lipinski definition) is 6. The molecule has 2 aliphatic heterocycles. The van der Waals surface area contributed by atoms with Crippen molar-refractivity contribution in [3.05, 3.63) is 59.2 Å². The van der Waals surface area contributed by atoms with Gasteiger partial charge < -0.3 is 23.7 Å². The van der Waals surface area contributed by atoms with E-state index in [1.807, 2.05) is 18.2 Å². The van der Waals surface area contributed by atoms with Crippen molar-refractivity contribution in [2.45, 2.75) is 0 Å². The molecule has 0 atom stereocenters. The standard InChI is InChI=1S/C20H16O6/c1-22-14-4-6-16(23-2)15(10-14)18-9-13(20(21)26-18)7-12-3-5-17-19(8-12)25-11-24-17/h3-10H,11H2,1-2H3/b13-7-. The maximum Gasteiger partial charge on any atom is 0.343 e. The first-order valence-electron chi connectivity index (χ1n) is 7.95. The molecule has 6 heteroatoms. The number of carbonyl (C=O) groups excluding carboxylic acids is 1. The van der Waals surface area contributed by atoms with E-state index in [-0.39, 0.29) is 6.79 Å². The molecular weight excluding hydrogens is 336 g/mol. The second kappa shape index (κ2) is 6.48. The number of carbonyl (C=O) groups is 1. The summed E-state index contributed by atoms with van der Waals surface area (Å²) in [6, 6.07) is 10.8. The number of cyclic esters (lactones) is 1. The predicted octanol–water partition coefficient (Wildman–Crippen LogP) is 3.41. The van der Waals surface area contributed by atoms with Crippen molar-refractivity contribution in [1.29, 1.82) is 0 Å². The fraction of sp³-hybridized carbons (Fsp3) is 0.150. The van der Waals surface area contributed by atoms with Gasteiger partial charge in [0.05, 0.1) is 25.4 Å². The topological polar surface area (TPSA) is 63.2 Å². The normalized spacial score (nSPS) is 16.5. The first kappa shape index (κ1) is 16.1. The van der Waals surface area contributed by atoms with Gasteiger partial charge in [0.15, 0.2) is 11.5 Å². The van der Waals surface area contributed by atoms with Crippen LogP contribution in [0.4, 0.5) is 0 Å². The SMILES string of the molecule is COc1ccc(OC)c(C2=C/C(=C/c3ccc4c(c3)OCO4)C(=O)O2)c1. The van der Waals surface area contributed by atoms with E-state index in [4.69, 9.17) is 23.7 Å². The second-order valence-corrected chi connectivity index (χ2v) is 5.68. The molecule has 0 amide bonds. The Morgan fingerprint density at radius 1 is 1.00 bits per heavy atom. The van der Waals surface area contributed by atoms with Crippen molar-refractivity contribution < 1.29 is 28.5 Å². The minimum atomic E-state index is -0.428. The van der Waals surface area contributed by atoms with Crippen LogP contribution in [0.5, 0.6) is 23.0 Å². The molecular formula is C20H16O6. The van der Waals surface area contributed by atoms with Crippen LogP contribution in [0.15, 0.2) is 48.0 Å². The Bertz CT molecular complexity index is 941. The maximum absolute atomic E-state index is 12.3. The van der Waals surface area contributed by atoms with Gasteiger partial charge in [-0.05, 0) is 48.0 Å². The van der Waals surface area contributed by atoms with E-state index >= 15 is 0 Å².